The molecule has 1 aromatic carbocycles. The SMILES string of the molecule is N#Cc1c(C(F)(F)F)cc(-c2cnn(-c3cccc(C(F)(F)F)n3)c2)n(Cc2ccc(F)cc2F)c1=O. The van der Waals surface area contributed by atoms with Crippen molar-refractivity contribution in [1.82, 2.24) is 19.3 Å². The van der Waals surface area contributed by atoms with Gasteiger partial charge in [-0.15, -0.1) is 0 Å². The molecule has 0 bridgehead atoms. The van der Waals surface area contributed by atoms with Crippen LogP contribution in [0.3, 0.4) is 0 Å². The van der Waals surface area contributed by atoms with Crippen molar-refractivity contribution in [3.05, 3.63) is 99.2 Å². The zero-order chi connectivity index (χ0) is 27.1. The predicted octanol–water partition coefficient (Wildman–Crippen LogP) is 5.33. The van der Waals surface area contributed by atoms with Gasteiger partial charge in [0, 0.05) is 23.4 Å². The molecule has 0 aliphatic rings. The molecule has 0 aliphatic heterocycles. The molecule has 0 N–H and O–H groups in total. The Morgan fingerprint density at radius 3 is 2.32 bits per heavy atom. The van der Waals surface area contributed by atoms with E-state index in [1.165, 1.54) is 6.07 Å². The van der Waals surface area contributed by atoms with E-state index in [1.54, 1.807) is 0 Å². The minimum Gasteiger partial charge on any atom is -0.302 e. The molecule has 0 amide bonds. The summed E-state index contributed by atoms with van der Waals surface area (Å²) in [4.78, 5) is 16.4. The summed E-state index contributed by atoms with van der Waals surface area (Å²) in [5.41, 5.74) is -6.43. The van der Waals surface area contributed by atoms with E-state index in [4.69, 9.17) is 0 Å². The first-order valence-corrected chi connectivity index (χ1v) is 10.1. The Morgan fingerprint density at radius 1 is 0.973 bits per heavy atom. The average molecular weight is 525 g/mol. The minimum atomic E-state index is -5.13. The Bertz CT molecular complexity index is 1590. The smallest absolute Gasteiger partial charge is 0.302 e. The van der Waals surface area contributed by atoms with E-state index in [0.717, 1.165) is 41.3 Å². The summed E-state index contributed by atoms with van der Waals surface area (Å²) in [5, 5.41) is 13.1. The third-order valence-electron chi connectivity index (χ3n) is 5.20. The molecule has 0 fully saturated rings. The molecular formula is C23H11F8N5O. The molecule has 37 heavy (non-hydrogen) atoms. The first-order chi connectivity index (χ1) is 17.3. The molecule has 4 rings (SSSR count). The molecule has 0 spiro atoms. The molecular weight excluding hydrogens is 514 g/mol. The number of nitrogens with zero attached hydrogens (tertiary/aromatic N) is 5. The van der Waals surface area contributed by atoms with Crippen LogP contribution in [0.4, 0.5) is 35.1 Å². The van der Waals surface area contributed by atoms with Gasteiger partial charge in [-0.2, -0.15) is 36.7 Å². The lowest BCUT2D eigenvalue weighted by Crippen LogP contribution is -2.29. The molecule has 6 nitrogen and oxygen atoms in total. The predicted molar refractivity (Wildman–Crippen MR) is 111 cm³/mol. The van der Waals surface area contributed by atoms with Gasteiger partial charge in [-0.25, -0.2) is 18.4 Å². The first kappa shape index (κ1) is 25.5. The van der Waals surface area contributed by atoms with Gasteiger partial charge >= 0.3 is 12.4 Å². The maximum atomic E-state index is 14.3. The monoisotopic (exact) mass is 525 g/mol. The third kappa shape index (κ3) is 5.06. The third-order valence-corrected chi connectivity index (χ3v) is 5.20. The van der Waals surface area contributed by atoms with Gasteiger partial charge in [0.05, 0.1) is 24.0 Å². The molecule has 3 aromatic heterocycles. The molecule has 190 valence electrons. The number of hydrogen-bond acceptors (Lipinski definition) is 4. The van der Waals surface area contributed by atoms with E-state index in [2.05, 4.69) is 10.1 Å². The molecule has 0 unspecified atom stereocenters. The van der Waals surface area contributed by atoms with Gasteiger partial charge in [0.2, 0.25) is 0 Å². The van der Waals surface area contributed by atoms with Gasteiger partial charge in [0.25, 0.3) is 5.56 Å². The fraction of sp³-hybridized carbons (Fsp3) is 0.130. The topological polar surface area (TPSA) is 76.5 Å². The van der Waals surface area contributed by atoms with Crippen molar-refractivity contribution in [3.63, 3.8) is 0 Å². The first-order valence-electron chi connectivity index (χ1n) is 10.1. The van der Waals surface area contributed by atoms with Crippen LogP contribution in [0.2, 0.25) is 0 Å². The number of alkyl halides is 6. The summed E-state index contributed by atoms with van der Waals surface area (Å²) in [6.45, 7) is -0.694. The highest BCUT2D eigenvalue weighted by atomic mass is 19.4. The fourth-order valence-electron chi connectivity index (χ4n) is 3.48. The maximum Gasteiger partial charge on any atom is 0.433 e. The van der Waals surface area contributed by atoms with Gasteiger partial charge in [-0.3, -0.25) is 4.79 Å². The standard InChI is InChI=1S/C23H11F8N5O/c24-14-5-4-12(17(25)6-14)10-35-18(7-16(22(26,27)28)15(8-32)21(35)37)13-9-33-36(11-13)20-3-1-2-19(34-20)23(29,30)31/h1-7,9,11H,10H2. The van der Waals surface area contributed by atoms with Crippen molar-refractivity contribution >= 4 is 0 Å². The Labute approximate surface area is 201 Å². The number of hydrogen-bond donors (Lipinski definition) is 0. The zero-order valence-corrected chi connectivity index (χ0v) is 18.1. The lowest BCUT2D eigenvalue weighted by atomic mass is 10.1. The van der Waals surface area contributed by atoms with Crippen LogP contribution in [0.1, 0.15) is 22.4 Å². The number of nitriles is 1. The van der Waals surface area contributed by atoms with Gasteiger partial charge in [-0.1, -0.05) is 12.1 Å². The van der Waals surface area contributed by atoms with Gasteiger partial charge in [-0.05, 0) is 24.3 Å². The number of rotatable bonds is 4. The van der Waals surface area contributed by atoms with E-state index in [9.17, 15) is 45.2 Å². The second kappa shape index (κ2) is 9.16. The van der Waals surface area contributed by atoms with Crippen molar-refractivity contribution in [2.45, 2.75) is 18.9 Å². The average Bonchev–Trinajstić information content (AvgIpc) is 3.30. The molecule has 3 heterocycles. The quantitative estimate of drug-likeness (QED) is 0.338. The van der Waals surface area contributed by atoms with Crippen LogP contribution in [-0.2, 0) is 18.9 Å². The summed E-state index contributed by atoms with van der Waals surface area (Å²) < 4.78 is 109. The summed E-state index contributed by atoms with van der Waals surface area (Å²) >= 11 is 0. The van der Waals surface area contributed by atoms with Crippen LogP contribution in [0.25, 0.3) is 17.1 Å². The van der Waals surface area contributed by atoms with Gasteiger partial charge < -0.3 is 4.57 Å². The fourth-order valence-corrected chi connectivity index (χ4v) is 3.48. The zero-order valence-electron chi connectivity index (χ0n) is 18.1. The molecule has 0 radical (unpaired) electrons. The highest BCUT2D eigenvalue weighted by Gasteiger charge is 2.37. The van der Waals surface area contributed by atoms with E-state index in [-0.39, 0.29) is 16.9 Å². The van der Waals surface area contributed by atoms with Crippen molar-refractivity contribution in [3.8, 4) is 23.1 Å². The van der Waals surface area contributed by atoms with Crippen LogP contribution in [0.5, 0.6) is 0 Å². The van der Waals surface area contributed by atoms with E-state index in [0.29, 0.717) is 22.8 Å². The summed E-state index contributed by atoms with van der Waals surface area (Å²) in [5.74, 6) is -2.36. The number of benzene rings is 1. The summed E-state index contributed by atoms with van der Waals surface area (Å²) in [7, 11) is 0. The molecule has 0 saturated heterocycles. The normalized spacial score (nSPS) is 12.0. The van der Waals surface area contributed by atoms with Crippen LogP contribution in [0.15, 0.2) is 59.7 Å². The van der Waals surface area contributed by atoms with Gasteiger partial charge in [0.1, 0.15) is 29.0 Å². The number of aromatic nitrogens is 4. The van der Waals surface area contributed by atoms with Crippen molar-refractivity contribution in [2.75, 3.05) is 0 Å². The molecule has 14 heteroatoms. The van der Waals surface area contributed by atoms with Crippen LogP contribution < -0.4 is 5.56 Å². The maximum absolute atomic E-state index is 14.3. The highest BCUT2D eigenvalue weighted by Crippen LogP contribution is 2.34. The molecule has 0 aliphatic carbocycles. The molecule has 4 aromatic rings. The number of halogens is 8. The Balaban J connectivity index is 1.92. The lowest BCUT2D eigenvalue weighted by Gasteiger charge is -2.17. The van der Waals surface area contributed by atoms with Crippen molar-refractivity contribution in [1.29, 1.82) is 5.26 Å². The Morgan fingerprint density at radius 2 is 1.70 bits per heavy atom. The van der Waals surface area contributed by atoms with Crippen molar-refractivity contribution in [2.24, 2.45) is 0 Å². The summed E-state index contributed by atoms with van der Waals surface area (Å²) in [6.07, 6.45) is -7.93. The highest BCUT2D eigenvalue weighted by molar-refractivity contribution is 5.62. The minimum absolute atomic E-state index is 0.186. The Kier molecular flexibility index (Phi) is 6.32. The van der Waals surface area contributed by atoms with E-state index < -0.39 is 58.6 Å². The molecule has 0 atom stereocenters. The van der Waals surface area contributed by atoms with Crippen LogP contribution in [-0.4, -0.2) is 19.3 Å². The lowest BCUT2D eigenvalue weighted by molar-refractivity contribution is -0.141. The summed E-state index contributed by atoms with van der Waals surface area (Å²) in [6, 6.07) is 6.94. The largest absolute Gasteiger partial charge is 0.433 e. The van der Waals surface area contributed by atoms with Crippen molar-refractivity contribution < 1.29 is 35.1 Å². The van der Waals surface area contributed by atoms with E-state index >= 15 is 0 Å². The van der Waals surface area contributed by atoms with Crippen LogP contribution >= 0.6 is 0 Å². The second-order valence-electron chi connectivity index (χ2n) is 7.61. The number of pyridine rings is 2. The van der Waals surface area contributed by atoms with Gasteiger partial charge in [0.15, 0.2) is 5.82 Å². The van der Waals surface area contributed by atoms with E-state index in [1.807, 2.05) is 0 Å². The Hall–Kier alpha value is -4.54. The van der Waals surface area contributed by atoms with Crippen LogP contribution in [0, 0.1) is 23.0 Å². The second-order valence-corrected chi connectivity index (χ2v) is 7.61. The molecule has 0 saturated carbocycles.